The van der Waals surface area contributed by atoms with Crippen LogP contribution in [0.3, 0.4) is 0 Å². The number of pyridine rings is 1. The third kappa shape index (κ3) is 3.42. The lowest BCUT2D eigenvalue weighted by Crippen LogP contribution is -2.00. The second-order valence-electron chi connectivity index (χ2n) is 6.18. The third-order valence-corrected chi connectivity index (χ3v) is 6.31. The lowest BCUT2D eigenvalue weighted by atomic mass is 10.3. The number of rotatable bonds is 5. The maximum Gasteiger partial charge on any atom is 0.270 e. The first kappa shape index (κ1) is 18.4. The molecule has 0 unspecified atom stereocenters. The van der Waals surface area contributed by atoms with Gasteiger partial charge >= 0.3 is 0 Å². The Balaban J connectivity index is 1.59. The van der Waals surface area contributed by atoms with E-state index in [1.165, 1.54) is 35.2 Å². The van der Waals surface area contributed by atoms with Crippen molar-refractivity contribution in [3.63, 3.8) is 0 Å². The Morgan fingerprint density at radius 3 is 2.60 bits per heavy atom. The normalized spacial score (nSPS) is 11.1. The number of fused-ring (bicyclic) bond motifs is 1. The van der Waals surface area contributed by atoms with E-state index in [4.69, 9.17) is 0 Å². The van der Waals surface area contributed by atoms with Gasteiger partial charge in [-0.15, -0.1) is 21.5 Å². The second-order valence-corrected chi connectivity index (χ2v) is 8.43. The van der Waals surface area contributed by atoms with Gasteiger partial charge in [-0.25, -0.2) is 4.98 Å². The molecule has 0 saturated heterocycles. The van der Waals surface area contributed by atoms with Gasteiger partial charge in [-0.2, -0.15) is 0 Å². The SMILES string of the molecule is O=[N+]([O-])c1ccc2nc(Sc3nnc(-c4ccccn4)n3-c3ccccc3)sc2c1. The van der Waals surface area contributed by atoms with E-state index in [1.54, 1.807) is 12.3 Å². The van der Waals surface area contributed by atoms with Crippen LogP contribution in [0.1, 0.15) is 0 Å². The number of hydrogen-bond acceptors (Lipinski definition) is 8. The highest BCUT2D eigenvalue weighted by Crippen LogP contribution is 2.37. The van der Waals surface area contributed by atoms with Crippen LogP contribution in [0.15, 0.2) is 82.4 Å². The number of hydrogen-bond donors (Lipinski definition) is 0. The number of para-hydroxylation sites is 1. The minimum Gasteiger partial charge on any atom is -0.268 e. The number of nitro benzene ring substituents is 1. The summed E-state index contributed by atoms with van der Waals surface area (Å²) in [5.41, 5.74) is 2.37. The summed E-state index contributed by atoms with van der Waals surface area (Å²) >= 11 is 2.75. The Labute approximate surface area is 178 Å². The van der Waals surface area contributed by atoms with Gasteiger partial charge in [0, 0.05) is 24.0 Å². The number of nitro groups is 1. The largest absolute Gasteiger partial charge is 0.270 e. The van der Waals surface area contributed by atoms with Crippen LogP contribution in [0.25, 0.3) is 27.4 Å². The fourth-order valence-electron chi connectivity index (χ4n) is 2.93. The van der Waals surface area contributed by atoms with E-state index in [-0.39, 0.29) is 5.69 Å². The zero-order valence-electron chi connectivity index (χ0n) is 15.2. The molecule has 0 atom stereocenters. The molecule has 0 aliphatic carbocycles. The minimum absolute atomic E-state index is 0.0487. The predicted molar refractivity (Wildman–Crippen MR) is 115 cm³/mol. The van der Waals surface area contributed by atoms with Gasteiger partial charge in [0.05, 0.1) is 15.1 Å². The molecular formula is C20H12N6O2S2. The summed E-state index contributed by atoms with van der Waals surface area (Å²) in [5.74, 6) is 0.626. The van der Waals surface area contributed by atoms with Crippen LogP contribution in [0.2, 0.25) is 0 Å². The van der Waals surface area contributed by atoms with Crippen molar-refractivity contribution in [3.05, 3.63) is 83.0 Å². The molecule has 0 radical (unpaired) electrons. The Bertz CT molecular complexity index is 1350. The van der Waals surface area contributed by atoms with E-state index in [0.29, 0.717) is 22.2 Å². The predicted octanol–water partition coefficient (Wildman–Crippen LogP) is 5.00. The summed E-state index contributed by atoms with van der Waals surface area (Å²) in [4.78, 5) is 19.6. The molecule has 3 aromatic heterocycles. The first-order valence-corrected chi connectivity index (χ1v) is 10.5. The van der Waals surface area contributed by atoms with Crippen LogP contribution in [0.4, 0.5) is 5.69 Å². The van der Waals surface area contributed by atoms with Gasteiger partial charge < -0.3 is 0 Å². The maximum absolute atomic E-state index is 11.0. The van der Waals surface area contributed by atoms with Gasteiger partial charge in [-0.1, -0.05) is 24.3 Å². The van der Waals surface area contributed by atoms with Gasteiger partial charge in [0.1, 0.15) is 5.69 Å². The van der Waals surface area contributed by atoms with E-state index in [0.717, 1.165) is 14.7 Å². The summed E-state index contributed by atoms with van der Waals surface area (Å²) in [6.07, 6.45) is 1.71. The zero-order valence-corrected chi connectivity index (χ0v) is 16.9. The molecule has 0 fully saturated rings. The standard InChI is InChI=1S/C20H12N6O2S2/c27-26(28)14-9-10-15-17(12-14)29-20(22-15)30-19-24-23-18(16-8-4-5-11-21-16)25(19)13-6-2-1-3-7-13/h1-12H. The molecule has 2 aromatic carbocycles. The smallest absolute Gasteiger partial charge is 0.268 e. The van der Waals surface area contributed by atoms with Crippen molar-refractivity contribution >= 4 is 39.0 Å². The highest BCUT2D eigenvalue weighted by molar-refractivity contribution is 8.01. The number of nitrogens with zero attached hydrogens (tertiary/aromatic N) is 6. The molecule has 5 rings (SSSR count). The Kier molecular flexibility index (Phi) is 4.69. The van der Waals surface area contributed by atoms with Gasteiger partial charge in [-0.3, -0.25) is 19.7 Å². The van der Waals surface area contributed by atoms with Crippen molar-refractivity contribution in [2.24, 2.45) is 0 Å². The molecule has 10 heteroatoms. The van der Waals surface area contributed by atoms with Crippen molar-refractivity contribution in [1.82, 2.24) is 24.7 Å². The fraction of sp³-hybridized carbons (Fsp3) is 0. The fourth-order valence-corrected chi connectivity index (χ4v) is 4.99. The van der Waals surface area contributed by atoms with Crippen LogP contribution < -0.4 is 0 Å². The molecule has 0 aliphatic rings. The van der Waals surface area contributed by atoms with Gasteiger partial charge in [0.2, 0.25) is 5.16 Å². The minimum atomic E-state index is -0.406. The van der Waals surface area contributed by atoms with Crippen LogP contribution >= 0.6 is 23.1 Å². The van der Waals surface area contributed by atoms with Crippen LogP contribution in [0.5, 0.6) is 0 Å². The van der Waals surface area contributed by atoms with Crippen molar-refractivity contribution < 1.29 is 4.92 Å². The molecule has 0 aliphatic heterocycles. The highest BCUT2D eigenvalue weighted by Gasteiger charge is 2.19. The van der Waals surface area contributed by atoms with Gasteiger partial charge in [0.15, 0.2) is 10.2 Å². The third-order valence-electron chi connectivity index (χ3n) is 4.28. The molecule has 5 aromatic rings. The van der Waals surface area contributed by atoms with E-state index in [1.807, 2.05) is 53.1 Å². The lowest BCUT2D eigenvalue weighted by Gasteiger charge is -2.08. The molecule has 0 bridgehead atoms. The monoisotopic (exact) mass is 432 g/mol. The Morgan fingerprint density at radius 2 is 1.83 bits per heavy atom. The maximum atomic E-state index is 11.0. The van der Waals surface area contributed by atoms with Gasteiger partial charge in [-0.05, 0) is 42.1 Å². The molecular weight excluding hydrogens is 420 g/mol. The molecule has 3 heterocycles. The van der Waals surface area contributed by atoms with Crippen LogP contribution in [0, 0.1) is 10.1 Å². The van der Waals surface area contributed by atoms with Crippen LogP contribution in [-0.2, 0) is 0 Å². The van der Waals surface area contributed by atoms with Gasteiger partial charge in [0.25, 0.3) is 5.69 Å². The van der Waals surface area contributed by atoms with E-state index in [9.17, 15) is 10.1 Å². The average molecular weight is 432 g/mol. The summed E-state index contributed by atoms with van der Waals surface area (Å²) in [7, 11) is 0. The Morgan fingerprint density at radius 1 is 1.00 bits per heavy atom. The van der Waals surface area contributed by atoms with Crippen molar-refractivity contribution in [2.75, 3.05) is 0 Å². The summed E-state index contributed by atoms with van der Waals surface area (Å²) in [5, 5.41) is 20.4. The van der Waals surface area contributed by atoms with E-state index in [2.05, 4.69) is 20.2 Å². The molecule has 0 spiro atoms. The topological polar surface area (TPSA) is 99.6 Å². The van der Waals surface area contributed by atoms with Crippen molar-refractivity contribution in [3.8, 4) is 17.2 Å². The van der Waals surface area contributed by atoms with Crippen molar-refractivity contribution in [2.45, 2.75) is 9.50 Å². The van der Waals surface area contributed by atoms with Crippen molar-refractivity contribution in [1.29, 1.82) is 0 Å². The number of benzene rings is 2. The molecule has 8 nitrogen and oxygen atoms in total. The lowest BCUT2D eigenvalue weighted by molar-refractivity contribution is -0.384. The quantitative estimate of drug-likeness (QED) is 0.285. The van der Waals surface area contributed by atoms with E-state index >= 15 is 0 Å². The Hall–Kier alpha value is -3.63. The molecule has 0 amide bonds. The summed E-state index contributed by atoms with van der Waals surface area (Å²) in [6, 6.07) is 20.1. The second kappa shape index (κ2) is 7.65. The average Bonchev–Trinajstić information content (AvgIpc) is 3.38. The first-order valence-electron chi connectivity index (χ1n) is 8.84. The molecule has 146 valence electrons. The first-order chi connectivity index (χ1) is 14.7. The number of thiazole rings is 1. The molecule has 30 heavy (non-hydrogen) atoms. The molecule has 0 N–H and O–H groups in total. The summed E-state index contributed by atoms with van der Waals surface area (Å²) in [6.45, 7) is 0. The van der Waals surface area contributed by atoms with E-state index < -0.39 is 4.92 Å². The summed E-state index contributed by atoms with van der Waals surface area (Å²) < 4.78 is 3.41. The van der Waals surface area contributed by atoms with Crippen LogP contribution in [-0.4, -0.2) is 29.7 Å². The molecule has 0 saturated carbocycles. The zero-order chi connectivity index (χ0) is 20.5. The number of non-ortho nitro benzene ring substituents is 1. The number of aromatic nitrogens is 5. The highest BCUT2D eigenvalue weighted by atomic mass is 32.2.